The number of ether oxygens (including phenoxy) is 3. The minimum absolute atomic E-state index is 0.0873. The largest absolute Gasteiger partial charge is 0.457 e. The standard InChI is InChI=1S/C25H26N2O7S/c1-24(2,3)34-22(30)27-25(15-28,32-4)14-17-7-11-19(12-8-17)33-18-9-5-16(6-10-18)13-20-21(29)26-23(31)35-20/h5-13,15H,14H2,1-4H3,(H,27,30)(H,26,29,31). The van der Waals surface area contributed by atoms with E-state index < -0.39 is 23.3 Å². The lowest BCUT2D eigenvalue weighted by Crippen LogP contribution is -2.54. The summed E-state index contributed by atoms with van der Waals surface area (Å²) >= 11 is 0.858. The van der Waals surface area contributed by atoms with Crippen LogP contribution in [0.1, 0.15) is 31.9 Å². The molecule has 3 amide bonds. The third-order valence-corrected chi connectivity index (χ3v) is 5.52. The van der Waals surface area contributed by atoms with Crippen LogP contribution >= 0.6 is 11.8 Å². The number of nitrogens with one attached hydrogen (secondary N) is 2. The lowest BCUT2D eigenvalue weighted by molar-refractivity contribution is -0.131. The maximum atomic E-state index is 12.2. The average molecular weight is 499 g/mol. The van der Waals surface area contributed by atoms with Crippen LogP contribution in [0.2, 0.25) is 0 Å². The molecule has 35 heavy (non-hydrogen) atoms. The van der Waals surface area contributed by atoms with Crippen molar-refractivity contribution < 1.29 is 33.4 Å². The molecule has 9 nitrogen and oxygen atoms in total. The Balaban J connectivity index is 1.63. The first-order valence-electron chi connectivity index (χ1n) is 10.7. The molecular weight excluding hydrogens is 472 g/mol. The van der Waals surface area contributed by atoms with E-state index in [0.29, 0.717) is 22.7 Å². The van der Waals surface area contributed by atoms with Crippen LogP contribution in [0.3, 0.4) is 0 Å². The molecule has 0 aliphatic carbocycles. The Morgan fingerprint density at radius 3 is 2.11 bits per heavy atom. The van der Waals surface area contributed by atoms with Crippen LogP contribution in [0.5, 0.6) is 11.5 Å². The van der Waals surface area contributed by atoms with Crippen molar-refractivity contribution in [3.63, 3.8) is 0 Å². The molecule has 1 fully saturated rings. The van der Waals surface area contributed by atoms with E-state index in [0.717, 1.165) is 22.9 Å². The first kappa shape index (κ1) is 26.0. The number of hydrogen-bond acceptors (Lipinski definition) is 8. The molecule has 0 bridgehead atoms. The number of hydrogen-bond donors (Lipinski definition) is 2. The molecule has 1 heterocycles. The normalized spacial score (nSPS) is 16.4. The van der Waals surface area contributed by atoms with Gasteiger partial charge in [-0.3, -0.25) is 25.0 Å². The van der Waals surface area contributed by atoms with Crippen LogP contribution in [-0.2, 0) is 25.5 Å². The highest BCUT2D eigenvalue weighted by molar-refractivity contribution is 8.18. The van der Waals surface area contributed by atoms with Crippen LogP contribution in [0.15, 0.2) is 53.4 Å². The fourth-order valence-corrected chi connectivity index (χ4v) is 3.76. The SMILES string of the molecule is COC(C=O)(Cc1ccc(Oc2ccc(C=C3SC(=O)NC3=O)cc2)cc1)NC(=O)OC(C)(C)C. The van der Waals surface area contributed by atoms with E-state index in [4.69, 9.17) is 14.2 Å². The number of imide groups is 1. The fraction of sp³-hybridized carbons (Fsp3) is 0.280. The first-order chi connectivity index (χ1) is 16.5. The van der Waals surface area contributed by atoms with Crippen LogP contribution in [0, 0.1) is 0 Å². The number of thioether (sulfide) groups is 1. The number of alkyl carbamates (subject to hydrolysis) is 1. The molecule has 1 atom stereocenters. The molecule has 10 heteroatoms. The average Bonchev–Trinajstić information content (AvgIpc) is 3.11. The number of amides is 3. The molecule has 1 aliphatic rings. The van der Waals surface area contributed by atoms with Gasteiger partial charge in [0.15, 0.2) is 6.29 Å². The van der Waals surface area contributed by atoms with Gasteiger partial charge in [0.2, 0.25) is 5.72 Å². The number of carbonyl (C=O) groups is 4. The Morgan fingerprint density at radius 1 is 1.03 bits per heavy atom. The Hall–Kier alpha value is -3.63. The molecule has 2 N–H and O–H groups in total. The molecule has 1 aliphatic heterocycles. The minimum atomic E-state index is -1.58. The molecule has 1 saturated heterocycles. The maximum absolute atomic E-state index is 12.2. The summed E-state index contributed by atoms with van der Waals surface area (Å²) in [4.78, 5) is 47.2. The van der Waals surface area contributed by atoms with Crippen LogP contribution in [0.4, 0.5) is 9.59 Å². The molecule has 1 unspecified atom stereocenters. The molecule has 3 rings (SSSR count). The summed E-state index contributed by atoms with van der Waals surface area (Å²) in [5, 5.41) is 4.32. The molecule has 0 saturated carbocycles. The van der Waals surface area contributed by atoms with Crippen molar-refractivity contribution in [2.75, 3.05) is 7.11 Å². The van der Waals surface area contributed by atoms with E-state index >= 15 is 0 Å². The van der Waals surface area contributed by atoms with E-state index in [1.54, 1.807) is 75.4 Å². The summed E-state index contributed by atoms with van der Waals surface area (Å²) in [5.41, 5.74) is -0.814. The van der Waals surface area contributed by atoms with Gasteiger partial charge < -0.3 is 14.2 Å². The molecule has 184 valence electrons. The van der Waals surface area contributed by atoms with E-state index in [9.17, 15) is 19.2 Å². The summed E-state index contributed by atoms with van der Waals surface area (Å²) in [5.74, 6) is 0.726. The van der Waals surface area contributed by atoms with Gasteiger partial charge in [-0.15, -0.1) is 0 Å². The van der Waals surface area contributed by atoms with Crippen molar-refractivity contribution in [1.29, 1.82) is 0 Å². The lowest BCUT2D eigenvalue weighted by Gasteiger charge is -2.29. The highest BCUT2D eigenvalue weighted by Crippen LogP contribution is 2.27. The highest BCUT2D eigenvalue weighted by Gasteiger charge is 2.34. The van der Waals surface area contributed by atoms with Crippen molar-refractivity contribution in [1.82, 2.24) is 10.6 Å². The van der Waals surface area contributed by atoms with Gasteiger partial charge in [-0.1, -0.05) is 24.3 Å². The van der Waals surface area contributed by atoms with Gasteiger partial charge in [0.25, 0.3) is 11.1 Å². The molecule has 0 radical (unpaired) electrons. The topological polar surface area (TPSA) is 120 Å². The Labute approximate surface area is 207 Å². The highest BCUT2D eigenvalue weighted by atomic mass is 32.2. The van der Waals surface area contributed by atoms with Crippen molar-refractivity contribution in [3.05, 3.63) is 64.6 Å². The molecule has 2 aromatic rings. The summed E-state index contributed by atoms with van der Waals surface area (Å²) < 4.78 is 16.4. The van der Waals surface area contributed by atoms with E-state index in [-0.39, 0.29) is 11.7 Å². The quantitative estimate of drug-likeness (QED) is 0.312. The van der Waals surface area contributed by atoms with Crippen LogP contribution in [-0.4, -0.2) is 42.0 Å². The van der Waals surface area contributed by atoms with Gasteiger partial charge in [-0.05, 0) is 74.0 Å². The van der Waals surface area contributed by atoms with Crippen LogP contribution < -0.4 is 15.4 Å². The van der Waals surface area contributed by atoms with Crippen LogP contribution in [0.25, 0.3) is 6.08 Å². The number of carbonyl (C=O) groups excluding carboxylic acids is 4. The molecule has 0 spiro atoms. The molecule has 2 aromatic carbocycles. The second-order valence-electron chi connectivity index (χ2n) is 8.68. The van der Waals surface area contributed by atoms with E-state index in [1.165, 1.54) is 7.11 Å². The maximum Gasteiger partial charge on any atom is 0.410 e. The number of rotatable bonds is 8. The van der Waals surface area contributed by atoms with E-state index in [2.05, 4.69) is 10.6 Å². The minimum Gasteiger partial charge on any atom is -0.457 e. The second-order valence-corrected chi connectivity index (χ2v) is 9.70. The van der Waals surface area contributed by atoms with Gasteiger partial charge in [-0.2, -0.15) is 0 Å². The summed E-state index contributed by atoms with van der Waals surface area (Å²) in [6, 6.07) is 14.0. The fourth-order valence-electron chi connectivity index (χ4n) is 3.08. The number of methoxy groups -OCH3 is 1. The Bertz CT molecular complexity index is 1140. The lowest BCUT2D eigenvalue weighted by atomic mass is 10.0. The third-order valence-electron chi connectivity index (χ3n) is 4.71. The predicted molar refractivity (Wildman–Crippen MR) is 131 cm³/mol. The zero-order valence-corrected chi connectivity index (χ0v) is 20.6. The molecular formula is C25H26N2O7S. The van der Waals surface area contributed by atoms with Crippen molar-refractivity contribution in [2.24, 2.45) is 0 Å². The van der Waals surface area contributed by atoms with Gasteiger partial charge in [-0.25, -0.2) is 4.79 Å². The zero-order chi connectivity index (χ0) is 25.6. The van der Waals surface area contributed by atoms with Gasteiger partial charge >= 0.3 is 6.09 Å². The van der Waals surface area contributed by atoms with Gasteiger partial charge in [0.05, 0.1) is 4.91 Å². The monoisotopic (exact) mass is 498 g/mol. The van der Waals surface area contributed by atoms with Crippen molar-refractivity contribution >= 4 is 41.4 Å². The van der Waals surface area contributed by atoms with E-state index in [1.807, 2.05) is 0 Å². The zero-order valence-electron chi connectivity index (χ0n) is 19.7. The second kappa shape index (κ2) is 10.7. The van der Waals surface area contributed by atoms with Crippen molar-refractivity contribution in [3.8, 4) is 11.5 Å². The first-order valence-corrected chi connectivity index (χ1v) is 11.5. The predicted octanol–water partition coefficient (Wildman–Crippen LogP) is 4.41. The number of aldehydes is 1. The summed E-state index contributed by atoms with van der Waals surface area (Å²) in [6.45, 7) is 5.17. The van der Waals surface area contributed by atoms with Crippen molar-refractivity contribution in [2.45, 2.75) is 38.5 Å². The summed E-state index contributed by atoms with van der Waals surface area (Å²) in [7, 11) is 1.33. The number of benzene rings is 2. The van der Waals surface area contributed by atoms with Gasteiger partial charge in [0, 0.05) is 13.5 Å². The Kier molecular flexibility index (Phi) is 7.98. The summed E-state index contributed by atoms with van der Waals surface area (Å²) in [6.07, 6.45) is 1.49. The molecule has 0 aromatic heterocycles. The van der Waals surface area contributed by atoms with Gasteiger partial charge in [0.1, 0.15) is 17.1 Å². The Morgan fingerprint density at radius 2 is 1.63 bits per heavy atom. The third kappa shape index (κ3) is 7.43. The smallest absolute Gasteiger partial charge is 0.410 e.